The number of hydrazine groups is 3. The van der Waals surface area contributed by atoms with E-state index in [1.807, 2.05) is 97.3 Å². The average molecular weight is 1650 g/mol. The third-order valence-electron chi connectivity index (χ3n) is 21.4. The third-order valence-corrected chi connectivity index (χ3v) is 22.2. The number of hydrogen-bond acceptors (Lipinski definition) is 14. The standard InChI is InChI=1S/C32H35ClFN5O3.C28H30ClFN6O2.C27H27ClFN5O3/c1-32(2,3)42-31(41)37-16-23(15-20-7-11-25(34)12-8-20)29-27(19-37)28(35-39(29)26-13-9-24(33)10-14-26)30(40)36-38-17-21-5-4-6-22(21)18-38;1-2-31-28(38)34-17-20(16-19-6-10-22(30)11-7-19)26-24(18-34)25(27(37)33-35-14-4-3-5-15-35)32-36(26)23-12-8-21(29)9-13-23;1-37-27(36)32-16-19(15-18-5-9-21(29)10-6-18)25-23(17-32)24(26(35)31-33-13-3-2-4-14-33)30-34(25)22-11-7-20(28)8-12-22/h7-15,21-22H,4-6,16-19H2,1-3H3,(H,36,40);6-13,16H,2-5,14-15,17-18H2,1H3,(H,31,38)(H,33,37);5-12,15H,2-4,13-14,16-17H2,1H3,(H,31,35)/b23-15+;20-16+;19-15+. The zero-order chi connectivity index (χ0) is 82.2. The summed E-state index contributed by atoms with van der Waals surface area (Å²) in [6.45, 7) is 13.8. The van der Waals surface area contributed by atoms with E-state index in [-0.39, 0.29) is 91.0 Å². The maximum atomic E-state index is 13.9. The van der Waals surface area contributed by atoms with Crippen molar-refractivity contribution in [2.75, 3.05) is 72.6 Å². The Morgan fingerprint density at radius 1 is 0.436 bits per heavy atom. The van der Waals surface area contributed by atoms with Gasteiger partial charge in [-0.2, -0.15) is 15.3 Å². The van der Waals surface area contributed by atoms with Crippen molar-refractivity contribution in [2.24, 2.45) is 11.8 Å². The molecule has 0 bridgehead atoms. The first kappa shape index (κ1) is 82.5. The number of aromatic nitrogens is 6. The molecule has 7 amide bonds. The summed E-state index contributed by atoms with van der Waals surface area (Å²) >= 11 is 18.5. The van der Waals surface area contributed by atoms with Gasteiger partial charge in [-0.15, -0.1) is 0 Å². The summed E-state index contributed by atoms with van der Waals surface area (Å²) in [4.78, 5) is 84.5. The summed E-state index contributed by atoms with van der Waals surface area (Å²) in [7, 11) is 1.32. The van der Waals surface area contributed by atoms with Gasteiger partial charge in [-0.3, -0.25) is 40.5 Å². The lowest BCUT2D eigenvalue weighted by Gasteiger charge is -2.32. The molecule has 9 aromatic rings. The van der Waals surface area contributed by atoms with Crippen molar-refractivity contribution in [3.8, 4) is 17.1 Å². The molecular formula is C87H92Cl3F3N16O8. The predicted octanol–water partition coefficient (Wildman–Crippen LogP) is 16.1. The van der Waals surface area contributed by atoms with Crippen LogP contribution >= 0.6 is 34.8 Å². The monoisotopic (exact) mass is 1650 g/mol. The van der Waals surface area contributed by atoms with E-state index < -0.39 is 17.8 Å². The summed E-state index contributed by atoms with van der Waals surface area (Å²) in [5.74, 6) is -0.751. The minimum atomic E-state index is -0.695. The van der Waals surface area contributed by atoms with Crippen molar-refractivity contribution in [3.05, 3.63) is 246 Å². The number of ether oxygens (including phenoxy) is 2. The molecule has 3 aromatic heterocycles. The molecule has 4 fully saturated rings. The van der Waals surface area contributed by atoms with Gasteiger partial charge in [0.25, 0.3) is 17.7 Å². The van der Waals surface area contributed by atoms with Crippen molar-refractivity contribution in [1.82, 2.24) is 80.7 Å². The van der Waals surface area contributed by atoms with Crippen molar-refractivity contribution in [2.45, 2.75) is 111 Å². The van der Waals surface area contributed by atoms with Crippen molar-refractivity contribution >= 4 is 106 Å². The minimum Gasteiger partial charge on any atom is -0.453 e. The lowest BCUT2D eigenvalue weighted by atomic mass is 9.97. The molecule has 24 nitrogen and oxygen atoms in total. The molecule has 1 aliphatic carbocycles. The maximum Gasteiger partial charge on any atom is 0.410 e. The van der Waals surface area contributed by atoms with E-state index in [0.29, 0.717) is 73.8 Å². The highest BCUT2D eigenvalue weighted by atomic mass is 35.5. The Labute approximate surface area is 691 Å². The van der Waals surface area contributed by atoms with Crippen molar-refractivity contribution in [3.63, 3.8) is 0 Å². The Kier molecular flexibility index (Phi) is 25.8. The van der Waals surface area contributed by atoms with Gasteiger partial charge in [0.15, 0.2) is 17.1 Å². The smallest absolute Gasteiger partial charge is 0.410 e. The van der Waals surface area contributed by atoms with Crippen molar-refractivity contribution < 1.29 is 51.4 Å². The number of amides is 7. The van der Waals surface area contributed by atoms with Crippen LogP contribution in [0.5, 0.6) is 0 Å². The van der Waals surface area contributed by atoms with Gasteiger partial charge < -0.3 is 19.7 Å². The van der Waals surface area contributed by atoms with Gasteiger partial charge in [-0.1, -0.05) is 90.5 Å². The van der Waals surface area contributed by atoms with Crippen LogP contribution in [0.3, 0.4) is 0 Å². The summed E-state index contributed by atoms with van der Waals surface area (Å²) in [5.41, 5.74) is 19.9. The molecule has 6 aromatic carbocycles. The van der Waals surface area contributed by atoms with Crippen LogP contribution in [-0.2, 0) is 29.1 Å². The lowest BCUT2D eigenvalue weighted by Crippen LogP contribution is -2.46. The number of carbonyl (C=O) groups excluding carboxylic acids is 6. The number of fused-ring (bicyclic) bond motifs is 4. The van der Waals surface area contributed by atoms with E-state index in [1.54, 1.807) is 96.6 Å². The zero-order valence-corrected chi connectivity index (χ0v) is 68.0. The molecule has 16 rings (SSSR count). The van der Waals surface area contributed by atoms with Crippen LogP contribution in [0.15, 0.2) is 146 Å². The first-order valence-electron chi connectivity index (χ1n) is 39.4. The number of halogens is 6. The number of hydrogen-bond donors (Lipinski definition) is 4. The fourth-order valence-corrected chi connectivity index (χ4v) is 16.3. The van der Waals surface area contributed by atoms with Crippen LogP contribution in [-0.4, -0.2) is 173 Å². The molecule has 7 aliphatic rings. The summed E-state index contributed by atoms with van der Waals surface area (Å²) in [6, 6.07) is 39.7. The van der Waals surface area contributed by atoms with Crippen LogP contribution in [0.25, 0.3) is 52.0 Å². The number of nitrogens with zero attached hydrogens (tertiary/aromatic N) is 12. The molecule has 9 heterocycles. The molecule has 610 valence electrons. The van der Waals surface area contributed by atoms with Gasteiger partial charge in [-0.25, -0.2) is 56.6 Å². The number of benzene rings is 6. The molecular weight excluding hydrogens is 1560 g/mol. The largest absolute Gasteiger partial charge is 0.453 e. The van der Waals surface area contributed by atoms with E-state index >= 15 is 0 Å². The Hall–Kier alpha value is -11.1. The maximum absolute atomic E-state index is 13.9. The first-order chi connectivity index (χ1) is 56.4. The highest BCUT2D eigenvalue weighted by Crippen LogP contribution is 2.41. The second kappa shape index (κ2) is 36.6. The SMILES string of the molecule is CC(C)(C)OC(=O)N1C/C(=C\c2ccc(F)cc2)c2c(c(C(=O)NN3CC4CCCC4C3)nn2-c2ccc(Cl)cc2)C1.CCNC(=O)N1C/C(=C\c2ccc(F)cc2)c2c(c(C(=O)NN3CCCCC3)nn2-c2ccc(Cl)cc2)C1.COC(=O)N1C/C(=C\c2ccc(F)cc2)c2c(c(C(=O)NN3CCCCC3)nn2-c2ccc(Cl)cc2)C1. The number of rotatable bonds is 13. The minimum absolute atomic E-state index is 0.145. The summed E-state index contributed by atoms with van der Waals surface area (Å²) in [5, 5.41) is 24.8. The lowest BCUT2D eigenvalue weighted by molar-refractivity contribution is 0.0253. The zero-order valence-electron chi connectivity index (χ0n) is 65.7. The average Bonchev–Trinajstić information content (AvgIpc) is 1.62. The predicted molar refractivity (Wildman–Crippen MR) is 443 cm³/mol. The van der Waals surface area contributed by atoms with E-state index in [0.717, 1.165) is 128 Å². The number of piperidine rings is 2. The van der Waals surface area contributed by atoms with Gasteiger partial charge in [0.05, 0.1) is 74.0 Å². The van der Waals surface area contributed by atoms with Crippen LogP contribution in [0, 0.1) is 29.3 Å². The quantitative estimate of drug-likeness (QED) is 0.0839. The Bertz CT molecular complexity index is 5220. The molecule has 30 heteroatoms. The van der Waals surface area contributed by atoms with Gasteiger partial charge in [-0.05, 0) is 239 Å². The fraction of sp³-hybridized carbons (Fsp3) is 0.345. The van der Waals surface area contributed by atoms with Crippen molar-refractivity contribution in [1.29, 1.82) is 0 Å². The molecule has 2 atom stereocenters. The Balaban J connectivity index is 0.000000145. The van der Waals surface area contributed by atoms with E-state index in [9.17, 15) is 41.9 Å². The molecule has 2 unspecified atom stereocenters. The molecule has 0 spiro atoms. The Morgan fingerprint density at radius 2 is 0.761 bits per heavy atom. The van der Waals surface area contributed by atoms with Gasteiger partial charge in [0.1, 0.15) is 23.1 Å². The Morgan fingerprint density at radius 3 is 1.09 bits per heavy atom. The van der Waals surface area contributed by atoms with Crippen LogP contribution < -0.4 is 21.6 Å². The second-order valence-electron chi connectivity index (χ2n) is 31.0. The topological polar surface area (TPSA) is 242 Å². The molecule has 117 heavy (non-hydrogen) atoms. The van der Waals surface area contributed by atoms with Gasteiger partial charge >= 0.3 is 18.2 Å². The van der Waals surface area contributed by atoms with E-state index in [2.05, 4.69) is 21.6 Å². The van der Waals surface area contributed by atoms with Crippen LogP contribution in [0.2, 0.25) is 15.1 Å². The number of methoxy groups -OCH3 is 1. The van der Waals surface area contributed by atoms with E-state index in [1.165, 1.54) is 67.7 Å². The van der Waals surface area contributed by atoms with Gasteiger partial charge in [0, 0.05) is 84.1 Å². The molecule has 0 radical (unpaired) electrons. The normalized spacial score (nSPS) is 18.5. The molecule has 1 saturated carbocycles. The highest BCUT2D eigenvalue weighted by Gasteiger charge is 2.41. The van der Waals surface area contributed by atoms with Crippen LogP contribution in [0.4, 0.5) is 27.6 Å². The second-order valence-corrected chi connectivity index (χ2v) is 32.3. The van der Waals surface area contributed by atoms with Crippen LogP contribution in [0.1, 0.15) is 167 Å². The molecule has 6 aliphatic heterocycles. The molecule has 4 N–H and O–H groups in total. The van der Waals surface area contributed by atoms with Gasteiger partial charge in [0.2, 0.25) is 0 Å². The number of carbonyl (C=O) groups is 6. The molecule has 3 saturated heterocycles. The summed E-state index contributed by atoms with van der Waals surface area (Å²) in [6.07, 6.45) is 14.7. The first-order valence-corrected chi connectivity index (χ1v) is 40.6. The highest BCUT2D eigenvalue weighted by molar-refractivity contribution is 6.31. The third kappa shape index (κ3) is 19.8. The number of urea groups is 1. The number of nitrogens with one attached hydrogen (secondary N) is 4. The fourth-order valence-electron chi connectivity index (χ4n) is 15.9. The summed E-state index contributed by atoms with van der Waals surface area (Å²) < 4.78 is 56.8. The van der Waals surface area contributed by atoms with E-state index in [4.69, 9.17) is 59.6 Å².